The Labute approximate surface area is 143 Å². The highest BCUT2D eigenvalue weighted by atomic mass is 35.5. The number of carbonyl (C=O) groups excluding carboxylic acids is 1. The molecule has 7 nitrogen and oxygen atoms in total. The van der Waals surface area contributed by atoms with Crippen LogP contribution in [0.5, 0.6) is 5.75 Å². The Bertz CT molecular complexity index is 633. The average Bonchev–Trinajstić information content (AvgIpc) is 2.55. The molecular weight excluding hydrogens is 342 g/mol. The summed E-state index contributed by atoms with van der Waals surface area (Å²) in [6.45, 7) is 2.48. The van der Waals surface area contributed by atoms with Crippen molar-refractivity contribution in [1.29, 1.82) is 0 Å². The molecule has 1 aliphatic heterocycles. The van der Waals surface area contributed by atoms with Gasteiger partial charge in [-0.25, -0.2) is 8.42 Å². The molecule has 0 radical (unpaired) electrons. The number of nitrogens with zero attached hydrogens (tertiary/aromatic N) is 2. The van der Waals surface area contributed by atoms with E-state index in [2.05, 4.69) is 5.32 Å². The number of hydrogen-bond donors (Lipinski definition) is 1. The minimum atomic E-state index is -3.77. The van der Waals surface area contributed by atoms with E-state index in [9.17, 15) is 13.2 Å². The van der Waals surface area contributed by atoms with Crippen molar-refractivity contribution in [2.24, 2.45) is 0 Å². The van der Waals surface area contributed by atoms with Crippen molar-refractivity contribution in [3.63, 3.8) is 0 Å². The van der Waals surface area contributed by atoms with Gasteiger partial charge in [-0.3, -0.25) is 4.79 Å². The van der Waals surface area contributed by atoms with Crippen LogP contribution in [-0.2, 0) is 14.8 Å². The van der Waals surface area contributed by atoms with Crippen LogP contribution in [0.3, 0.4) is 0 Å². The third kappa shape index (κ3) is 4.57. The predicted molar refractivity (Wildman–Crippen MR) is 89.5 cm³/mol. The number of amides is 1. The number of para-hydroxylation sites is 1. The number of ether oxygens (including phenoxy) is 1. The number of carbonyl (C=O) groups is 1. The summed E-state index contributed by atoms with van der Waals surface area (Å²) >= 11 is 0. The van der Waals surface area contributed by atoms with Gasteiger partial charge >= 0.3 is 0 Å². The van der Waals surface area contributed by atoms with E-state index in [1.165, 1.54) is 20.2 Å². The maximum atomic E-state index is 12.6. The first-order valence-electron chi connectivity index (χ1n) is 7.04. The molecule has 0 spiro atoms. The standard InChI is InChI=1S/C14H21N3O4S.ClH/c1-16(11-14(18)17-9-7-15-8-10-17)22(19,20)13-6-4-3-5-12(13)21-2;/h3-6,15H,7-11H2,1-2H3;1H. The number of methoxy groups -OCH3 is 1. The first kappa shape index (κ1) is 19.7. The molecule has 0 unspecified atom stereocenters. The summed E-state index contributed by atoms with van der Waals surface area (Å²) in [7, 11) is -0.949. The van der Waals surface area contributed by atoms with Crippen LogP contribution in [0.15, 0.2) is 29.2 Å². The van der Waals surface area contributed by atoms with Crippen molar-refractivity contribution < 1.29 is 17.9 Å². The highest BCUT2D eigenvalue weighted by Gasteiger charge is 2.28. The summed E-state index contributed by atoms with van der Waals surface area (Å²) in [5.41, 5.74) is 0. The predicted octanol–water partition coefficient (Wildman–Crippen LogP) is 0.169. The SMILES string of the molecule is COc1ccccc1S(=O)(=O)N(C)CC(=O)N1CCNCC1.Cl. The lowest BCUT2D eigenvalue weighted by atomic mass is 10.3. The average molecular weight is 364 g/mol. The van der Waals surface area contributed by atoms with Crippen molar-refractivity contribution in [2.45, 2.75) is 4.90 Å². The normalized spacial score (nSPS) is 15.2. The molecule has 2 rings (SSSR count). The van der Waals surface area contributed by atoms with Gasteiger partial charge in [0.1, 0.15) is 10.6 Å². The maximum Gasteiger partial charge on any atom is 0.246 e. The van der Waals surface area contributed by atoms with Gasteiger partial charge in [0.05, 0.1) is 13.7 Å². The van der Waals surface area contributed by atoms with Crippen LogP contribution in [0.25, 0.3) is 0 Å². The fourth-order valence-electron chi connectivity index (χ4n) is 2.29. The molecule has 0 atom stereocenters. The van der Waals surface area contributed by atoms with Gasteiger partial charge in [0.15, 0.2) is 0 Å². The molecule has 23 heavy (non-hydrogen) atoms. The minimum Gasteiger partial charge on any atom is -0.495 e. The van der Waals surface area contributed by atoms with Gasteiger partial charge in [-0.15, -0.1) is 12.4 Å². The molecule has 1 saturated heterocycles. The zero-order chi connectivity index (χ0) is 16.2. The van der Waals surface area contributed by atoms with E-state index in [4.69, 9.17) is 4.74 Å². The topological polar surface area (TPSA) is 79.0 Å². The van der Waals surface area contributed by atoms with Crippen molar-refractivity contribution >= 4 is 28.3 Å². The molecule has 1 N–H and O–H groups in total. The summed E-state index contributed by atoms with van der Waals surface area (Å²) in [5, 5.41) is 3.15. The first-order valence-corrected chi connectivity index (χ1v) is 8.48. The van der Waals surface area contributed by atoms with E-state index in [0.717, 1.165) is 17.4 Å². The second-order valence-electron chi connectivity index (χ2n) is 5.04. The zero-order valence-electron chi connectivity index (χ0n) is 13.2. The first-order chi connectivity index (χ1) is 10.5. The number of sulfonamides is 1. The summed E-state index contributed by atoms with van der Waals surface area (Å²) < 4.78 is 31.3. The van der Waals surface area contributed by atoms with Gasteiger partial charge in [-0.2, -0.15) is 4.31 Å². The van der Waals surface area contributed by atoms with E-state index in [-0.39, 0.29) is 35.5 Å². The van der Waals surface area contributed by atoms with Crippen molar-refractivity contribution in [2.75, 3.05) is 46.9 Å². The monoisotopic (exact) mass is 363 g/mol. The molecule has 1 heterocycles. The molecule has 0 aromatic heterocycles. The molecule has 0 saturated carbocycles. The Morgan fingerprint density at radius 3 is 2.52 bits per heavy atom. The molecule has 130 valence electrons. The van der Waals surface area contributed by atoms with E-state index in [0.29, 0.717) is 13.1 Å². The Balaban J connectivity index is 0.00000264. The highest BCUT2D eigenvalue weighted by Crippen LogP contribution is 2.25. The Kier molecular flexibility index (Phi) is 7.27. The fraction of sp³-hybridized carbons (Fsp3) is 0.500. The lowest BCUT2D eigenvalue weighted by molar-refractivity contribution is -0.131. The van der Waals surface area contributed by atoms with Crippen LogP contribution in [0, 0.1) is 0 Å². The molecule has 0 aliphatic carbocycles. The Hall–Kier alpha value is -1.35. The van der Waals surface area contributed by atoms with Gasteiger partial charge in [-0.05, 0) is 12.1 Å². The quantitative estimate of drug-likeness (QED) is 0.806. The number of hydrogen-bond acceptors (Lipinski definition) is 5. The minimum absolute atomic E-state index is 0. The van der Waals surface area contributed by atoms with Crippen LogP contribution in [0.1, 0.15) is 0 Å². The van der Waals surface area contributed by atoms with Crippen molar-refractivity contribution in [3.8, 4) is 5.75 Å². The Morgan fingerprint density at radius 2 is 1.91 bits per heavy atom. The van der Waals surface area contributed by atoms with E-state index >= 15 is 0 Å². The fourth-order valence-corrected chi connectivity index (χ4v) is 3.56. The van der Waals surface area contributed by atoms with Crippen LogP contribution >= 0.6 is 12.4 Å². The van der Waals surface area contributed by atoms with Crippen LogP contribution in [-0.4, -0.2) is 70.4 Å². The Morgan fingerprint density at radius 1 is 1.30 bits per heavy atom. The summed E-state index contributed by atoms with van der Waals surface area (Å²) in [4.78, 5) is 13.9. The zero-order valence-corrected chi connectivity index (χ0v) is 14.8. The second kappa shape index (κ2) is 8.49. The van der Waals surface area contributed by atoms with E-state index < -0.39 is 10.0 Å². The highest BCUT2D eigenvalue weighted by molar-refractivity contribution is 7.89. The third-order valence-electron chi connectivity index (χ3n) is 3.58. The number of rotatable bonds is 5. The van der Waals surface area contributed by atoms with Crippen LogP contribution in [0.2, 0.25) is 0 Å². The van der Waals surface area contributed by atoms with Gasteiger partial charge in [0, 0.05) is 33.2 Å². The molecule has 1 aromatic rings. The number of piperazine rings is 1. The van der Waals surface area contributed by atoms with Crippen molar-refractivity contribution in [3.05, 3.63) is 24.3 Å². The molecule has 9 heteroatoms. The molecular formula is C14H22ClN3O4S. The number of nitrogens with one attached hydrogen (secondary N) is 1. The number of halogens is 1. The second-order valence-corrected chi connectivity index (χ2v) is 7.06. The van der Waals surface area contributed by atoms with Gasteiger partial charge < -0.3 is 15.0 Å². The molecule has 0 bridgehead atoms. The van der Waals surface area contributed by atoms with Gasteiger partial charge in [0.25, 0.3) is 0 Å². The summed E-state index contributed by atoms with van der Waals surface area (Å²) in [6.07, 6.45) is 0. The van der Waals surface area contributed by atoms with Gasteiger partial charge in [0.2, 0.25) is 15.9 Å². The van der Waals surface area contributed by atoms with Crippen LogP contribution in [0.4, 0.5) is 0 Å². The summed E-state index contributed by atoms with van der Waals surface area (Å²) in [6, 6.07) is 6.38. The molecule has 1 aromatic carbocycles. The van der Waals surface area contributed by atoms with Crippen LogP contribution < -0.4 is 10.1 Å². The van der Waals surface area contributed by atoms with E-state index in [1.54, 1.807) is 23.1 Å². The lowest BCUT2D eigenvalue weighted by Gasteiger charge is -2.29. The van der Waals surface area contributed by atoms with E-state index in [1.807, 2.05) is 0 Å². The summed E-state index contributed by atoms with van der Waals surface area (Å²) in [5.74, 6) is 0.0754. The molecule has 1 amide bonds. The third-order valence-corrected chi connectivity index (χ3v) is 5.43. The molecule has 1 fully saturated rings. The lowest BCUT2D eigenvalue weighted by Crippen LogP contribution is -2.49. The number of likely N-dealkylation sites (N-methyl/N-ethyl adjacent to an activating group) is 1. The van der Waals surface area contributed by atoms with Gasteiger partial charge in [-0.1, -0.05) is 12.1 Å². The largest absolute Gasteiger partial charge is 0.495 e. The number of benzene rings is 1. The van der Waals surface area contributed by atoms with Crippen molar-refractivity contribution in [1.82, 2.24) is 14.5 Å². The smallest absolute Gasteiger partial charge is 0.246 e. The maximum absolute atomic E-state index is 12.6. The molecule has 1 aliphatic rings.